The third kappa shape index (κ3) is 4.02. The largest absolute Gasteiger partial charge is 0.356 e. The molecule has 0 aliphatic carbocycles. The van der Waals surface area contributed by atoms with Crippen LogP contribution in [0.3, 0.4) is 0 Å². The van der Waals surface area contributed by atoms with E-state index in [9.17, 15) is 9.59 Å². The van der Waals surface area contributed by atoms with Crippen LogP contribution < -0.4 is 5.32 Å². The summed E-state index contributed by atoms with van der Waals surface area (Å²) < 4.78 is 0. The molecule has 0 spiro atoms. The molecule has 0 unspecified atom stereocenters. The molecule has 1 N–H and O–H groups in total. The highest BCUT2D eigenvalue weighted by Gasteiger charge is 2.24. The molecule has 0 saturated carbocycles. The Balaban J connectivity index is 1.73. The van der Waals surface area contributed by atoms with Crippen LogP contribution in [0.1, 0.15) is 37.1 Å². The van der Waals surface area contributed by atoms with Gasteiger partial charge in [0.25, 0.3) is 0 Å². The summed E-state index contributed by atoms with van der Waals surface area (Å²) in [5.41, 5.74) is 0. The van der Waals surface area contributed by atoms with Crippen LogP contribution in [0.2, 0.25) is 0 Å². The number of rotatable bonds is 4. The first kappa shape index (κ1) is 14.0. The minimum atomic E-state index is -0.0877. The SMILES string of the molecule is CC(=O)NCCC(=O)N1CCC(c2nccs2)CC1. The Kier molecular flexibility index (Phi) is 4.90. The normalized spacial score (nSPS) is 16.4. The van der Waals surface area contributed by atoms with Crippen molar-refractivity contribution in [3.05, 3.63) is 16.6 Å². The molecule has 5 nitrogen and oxygen atoms in total. The summed E-state index contributed by atoms with van der Waals surface area (Å²) in [6.07, 6.45) is 4.20. The smallest absolute Gasteiger partial charge is 0.224 e. The van der Waals surface area contributed by atoms with Gasteiger partial charge in [-0.1, -0.05) is 0 Å². The lowest BCUT2D eigenvalue weighted by Gasteiger charge is -2.31. The van der Waals surface area contributed by atoms with Gasteiger partial charge in [0.05, 0.1) is 5.01 Å². The molecule has 0 bridgehead atoms. The van der Waals surface area contributed by atoms with Crippen LogP contribution in [0.25, 0.3) is 0 Å². The zero-order valence-electron chi connectivity index (χ0n) is 11.1. The number of nitrogens with one attached hydrogen (secondary N) is 1. The first-order valence-electron chi connectivity index (χ1n) is 6.58. The Labute approximate surface area is 117 Å². The Hall–Kier alpha value is -1.43. The Bertz CT molecular complexity index is 425. The van der Waals surface area contributed by atoms with Crippen LogP contribution in [0.5, 0.6) is 0 Å². The molecule has 1 fully saturated rings. The number of hydrogen-bond acceptors (Lipinski definition) is 4. The van der Waals surface area contributed by atoms with Crippen molar-refractivity contribution < 1.29 is 9.59 Å². The van der Waals surface area contributed by atoms with Crippen molar-refractivity contribution in [2.24, 2.45) is 0 Å². The number of nitrogens with zero attached hydrogens (tertiary/aromatic N) is 2. The minimum Gasteiger partial charge on any atom is -0.356 e. The number of carbonyl (C=O) groups is 2. The zero-order chi connectivity index (χ0) is 13.7. The molecule has 1 aliphatic rings. The van der Waals surface area contributed by atoms with E-state index in [1.54, 1.807) is 11.3 Å². The van der Waals surface area contributed by atoms with Crippen LogP contribution in [-0.2, 0) is 9.59 Å². The molecule has 104 valence electrons. The third-order valence-corrected chi connectivity index (χ3v) is 4.30. The maximum Gasteiger partial charge on any atom is 0.224 e. The van der Waals surface area contributed by atoms with E-state index in [2.05, 4.69) is 10.3 Å². The lowest BCUT2D eigenvalue weighted by atomic mass is 9.97. The van der Waals surface area contributed by atoms with Gasteiger partial charge >= 0.3 is 0 Å². The standard InChI is InChI=1S/C13H19N3O2S/c1-10(17)14-5-2-12(18)16-7-3-11(4-8-16)13-15-6-9-19-13/h6,9,11H,2-5,7-8H2,1H3,(H,14,17). The summed E-state index contributed by atoms with van der Waals surface area (Å²) >= 11 is 1.69. The quantitative estimate of drug-likeness (QED) is 0.907. The Morgan fingerprint density at radius 3 is 2.79 bits per heavy atom. The second kappa shape index (κ2) is 6.65. The Morgan fingerprint density at radius 2 is 2.21 bits per heavy atom. The predicted molar refractivity (Wildman–Crippen MR) is 74.0 cm³/mol. The van der Waals surface area contributed by atoms with Gasteiger partial charge in [0.1, 0.15) is 0 Å². The van der Waals surface area contributed by atoms with Gasteiger partial charge in [-0.25, -0.2) is 4.98 Å². The summed E-state index contributed by atoms with van der Waals surface area (Å²) in [5.74, 6) is 0.543. The molecule has 0 aromatic carbocycles. The second-order valence-electron chi connectivity index (χ2n) is 4.76. The minimum absolute atomic E-state index is 0.0877. The average molecular weight is 281 g/mol. The van der Waals surface area contributed by atoms with Gasteiger partial charge < -0.3 is 10.2 Å². The van der Waals surface area contributed by atoms with Gasteiger partial charge in [-0.2, -0.15) is 0 Å². The molecule has 1 aromatic heterocycles. The highest BCUT2D eigenvalue weighted by molar-refractivity contribution is 7.09. The van der Waals surface area contributed by atoms with Gasteiger partial charge in [-0.05, 0) is 12.8 Å². The second-order valence-corrected chi connectivity index (χ2v) is 5.68. The van der Waals surface area contributed by atoms with Crippen LogP contribution in [0.15, 0.2) is 11.6 Å². The predicted octanol–water partition coefficient (Wildman–Crippen LogP) is 1.38. The van der Waals surface area contributed by atoms with E-state index in [1.807, 2.05) is 16.5 Å². The zero-order valence-corrected chi connectivity index (χ0v) is 11.9. The summed E-state index contributed by atoms with van der Waals surface area (Å²) in [5, 5.41) is 5.84. The maximum absolute atomic E-state index is 11.9. The van der Waals surface area contributed by atoms with E-state index in [0.29, 0.717) is 18.9 Å². The average Bonchev–Trinajstić information content (AvgIpc) is 2.92. The molecule has 19 heavy (non-hydrogen) atoms. The lowest BCUT2D eigenvalue weighted by molar-refractivity contribution is -0.132. The number of likely N-dealkylation sites (tertiary alicyclic amines) is 1. The van der Waals surface area contributed by atoms with E-state index in [1.165, 1.54) is 11.9 Å². The van der Waals surface area contributed by atoms with Crippen molar-refractivity contribution in [1.82, 2.24) is 15.2 Å². The van der Waals surface area contributed by atoms with E-state index in [-0.39, 0.29) is 11.8 Å². The lowest BCUT2D eigenvalue weighted by Crippen LogP contribution is -2.39. The van der Waals surface area contributed by atoms with Crippen LogP contribution >= 0.6 is 11.3 Å². The van der Waals surface area contributed by atoms with E-state index in [4.69, 9.17) is 0 Å². The molecular formula is C13H19N3O2S. The third-order valence-electron chi connectivity index (χ3n) is 3.36. The fraction of sp³-hybridized carbons (Fsp3) is 0.615. The summed E-state index contributed by atoms with van der Waals surface area (Å²) in [7, 11) is 0. The van der Waals surface area contributed by atoms with E-state index >= 15 is 0 Å². The maximum atomic E-state index is 11.9. The fourth-order valence-corrected chi connectivity index (χ4v) is 3.13. The van der Waals surface area contributed by atoms with Crippen molar-refractivity contribution in [2.45, 2.75) is 32.1 Å². The molecular weight excluding hydrogens is 262 g/mol. The number of thiazole rings is 1. The molecule has 1 aromatic rings. The molecule has 0 atom stereocenters. The van der Waals surface area contributed by atoms with Gasteiger partial charge in [-0.3, -0.25) is 9.59 Å². The van der Waals surface area contributed by atoms with E-state index in [0.717, 1.165) is 25.9 Å². The van der Waals surface area contributed by atoms with Crippen molar-refractivity contribution in [3.8, 4) is 0 Å². The first-order valence-corrected chi connectivity index (χ1v) is 7.46. The van der Waals surface area contributed by atoms with Gasteiger partial charge in [0, 0.05) is 50.5 Å². The number of hydrogen-bond donors (Lipinski definition) is 1. The fourth-order valence-electron chi connectivity index (χ4n) is 2.32. The summed E-state index contributed by atoms with van der Waals surface area (Å²) in [4.78, 5) is 28.9. The van der Waals surface area contributed by atoms with Crippen molar-refractivity contribution in [3.63, 3.8) is 0 Å². The molecule has 2 rings (SSSR count). The molecule has 2 heterocycles. The molecule has 1 aliphatic heterocycles. The number of piperidine rings is 1. The van der Waals surface area contributed by atoms with Crippen LogP contribution in [0.4, 0.5) is 0 Å². The van der Waals surface area contributed by atoms with Gasteiger partial charge in [0.2, 0.25) is 11.8 Å². The van der Waals surface area contributed by atoms with Gasteiger partial charge in [0.15, 0.2) is 0 Å². The highest BCUT2D eigenvalue weighted by Crippen LogP contribution is 2.29. The molecule has 6 heteroatoms. The number of amides is 2. The van der Waals surface area contributed by atoms with Crippen LogP contribution in [-0.4, -0.2) is 41.3 Å². The first-order chi connectivity index (χ1) is 9.16. The molecule has 1 saturated heterocycles. The van der Waals surface area contributed by atoms with Crippen molar-refractivity contribution >= 4 is 23.2 Å². The monoisotopic (exact) mass is 281 g/mol. The van der Waals surface area contributed by atoms with Crippen molar-refractivity contribution in [2.75, 3.05) is 19.6 Å². The van der Waals surface area contributed by atoms with Crippen LogP contribution in [0, 0.1) is 0 Å². The van der Waals surface area contributed by atoms with E-state index < -0.39 is 0 Å². The van der Waals surface area contributed by atoms with Crippen molar-refractivity contribution in [1.29, 1.82) is 0 Å². The summed E-state index contributed by atoms with van der Waals surface area (Å²) in [6.45, 7) is 3.48. The number of aromatic nitrogens is 1. The topological polar surface area (TPSA) is 62.3 Å². The highest BCUT2D eigenvalue weighted by atomic mass is 32.1. The summed E-state index contributed by atoms with van der Waals surface area (Å²) in [6, 6.07) is 0. The van der Waals surface area contributed by atoms with Gasteiger partial charge in [-0.15, -0.1) is 11.3 Å². The molecule has 0 radical (unpaired) electrons. The number of carbonyl (C=O) groups excluding carboxylic acids is 2. The molecule has 2 amide bonds. The Morgan fingerprint density at radius 1 is 1.47 bits per heavy atom.